The molecular formula is C21H22N2O2S. The van der Waals surface area contributed by atoms with Crippen molar-refractivity contribution in [3.8, 4) is 5.75 Å². The maximum atomic E-state index is 12.8. The molecule has 26 heavy (non-hydrogen) atoms. The molecule has 0 aromatic heterocycles. The Labute approximate surface area is 158 Å². The first-order valence-corrected chi connectivity index (χ1v) is 9.61. The Hall–Kier alpha value is -2.53. The van der Waals surface area contributed by atoms with Gasteiger partial charge < -0.3 is 4.74 Å². The predicted molar refractivity (Wildman–Crippen MR) is 109 cm³/mol. The zero-order chi connectivity index (χ0) is 18.4. The summed E-state index contributed by atoms with van der Waals surface area (Å²) < 4.78 is 5.46. The summed E-state index contributed by atoms with van der Waals surface area (Å²) in [5.74, 6) is 0.847. The molecule has 2 aromatic carbocycles. The summed E-state index contributed by atoms with van der Waals surface area (Å²) in [5.41, 5.74) is 1.83. The van der Waals surface area contributed by atoms with Crippen molar-refractivity contribution in [1.29, 1.82) is 0 Å². The van der Waals surface area contributed by atoms with Gasteiger partial charge in [0.2, 0.25) is 0 Å². The van der Waals surface area contributed by atoms with Crippen LogP contribution in [0.25, 0.3) is 6.08 Å². The molecule has 4 nitrogen and oxygen atoms in total. The van der Waals surface area contributed by atoms with E-state index >= 15 is 0 Å². The van der Waals surface area contributed by atoms with E-state index < -0.39 is 0 Å². The lowest BCUT2D eigenvalue weighted by Gasteiger charge is -2.13. The minimum atomic E-state index is 0.0143. The zero-order valence-corrected chi connectivity index (χ0v) is 15.8. The second-order valence-corrected chi connectivity index (χ2v) is 6.81. The largest absolute Gasteiger partial charge is 0.494 e. The number of hydrogen-bond donors (Lipinski definition) is 0. The van der Waals surface area contributed by atoms with Crippen LogP contribution in [0.5, 0.6) is 5.75 Å². The summed E-state index contributed by atoms with van der Waals surface area (Å²) in [6.07, 6.45) is 2.80. The van der Waals surface area contributed by atoms with Crippen LogP contribution < -0.4 is 4.74 Å². The maximum absolute atomic E-state index is 12.8. The number of amidine groups is 1. The lowest BCUT2D eigenvalue weighted by Crippen LogP contribution is -2.29. The molecule has 0 aliphatic carbocycles. The van der Waals surface area contributed by atoms with Crippen molar-refractivity contribution in [1.82, 2.24) is 4.90 Å². The fraction of sp³-hybridized carbons (Fsp3) is 0.238. The third kappa shape index (κ3) is 4.35. The molecule has 0 saturated carbocycles. The van der Waals surface area contributed by atoms with Gasteiger partial charge in [0.05, 0.1) is 17.2 Å². The number of ether oxygens (including phenoxy) is 1. The van der Waals surface area contributed by atoms with E-state index in [9.17, 15) is 4.79 Å². The Morgan fingerprint density at radius 2 is 1.81 bits per heavy atom. The Balaban J connectivity index is 1.86. The average Bonchev–Trinajstić information content (AvgIpc) is 2.94. The van der Waals surface area contributed by atoms with Crippen LogP contribution in [0.2, 0.25) is 0 Å². The van der Waals surface area contributed by atoms with E-state index in [2.05, 4.69) is 11.9 Å². The third-order valence-electron chi connectivity index (χ3n) is 3.81. The molecule has 1 aliphatic rings. The second-order valence-electron chi connectivity index (χ2n) is 5.80. The van der Waals surface area contributed by atoms with Gasteiger partial charge in [0, 0.05) is 6.54 Å². The quantitative estimate of drug-likeness (QED) is 0.668. The van der Waals surface area contributed by atoms with Gasteiger partial charge in [0.1, 0.15) is 5.75 Å². The highest BCUT2D eigenvalue weighted by Gasteiger charge is 2.32. The van der Waals surface area contributed by atoms with Crippen molar-refractivity contribution < 1.29 is 9.53 Å². The fourth-order valence-corrected chi connectivity index (χ4v) is 3.63. The van der Waals surface area contributed by atoms with Crippen LogP contribution in [-0.4, -0.2) is 29.1 Å². The fourth-order valence-electron chi connectivity index (χ4n) is 2.60. The van der Waals surface area contributed by atoms with E-state index in [1.807, 2.05) is 67.6 Å². The Morgan fingerprint density at radius 3 is 2.46 bits per heavy atom. The molecule has 1 saturated heterocycles. The van der Waals surface area contributed by atoms with Crippen LogP contribution in [-0.2, 0) is 4.79 Å². The van der Waals surface area contributed by atoms with Crippen molar-refractivity contribution in [3.05, 3.63) is 65.1 Å². The smallest absolute Gasteiger partial charge is 0.266 e. The summed E-state index contributed by atoms with van der Waals surface area (Å²) in [6, 6.07) is 17.5. The molecule has 0 N–H and O–H groups in total. The van der Waals surface area contributed by atoms with Gasteiger partial charge in [0.25, 0.3) is 5.91 Å². The molecule has 3 rings (SSSR count). The molecule has 0 unspecified atom stereocenters. The number of thioether (sulfide) groups is 1. The number of amides is 1. The summed E-state index contributed by atoms with van der Waals surface area (Å²) in [7, 11) is 0. The van der Waals surface area contributed by atoms with Gasteiger partial charge in [-0.3, -0.25) is 9.69 Å². The van der Waals surface area contributed by atoms with Crippen molar-refractivity contribution >= 4 is 34.6 Å². The van der Waals surface area contributed by atoms with Gasteiger partial charge >= 0.3 is 0 Å². The molecule has 0 radical (unpaired) electrons. The molecule has 0 spiro atoms. The average molecular weight is 366 g/mol. The molecule has 5 heteroatoms. The van der Waals surface area contributed by atoms with Crippen LogP contribution in [0.1, 0.15) is 25.8 Å². The van der Waals surface area contributed by atoms with Gasteiger partial charge in [-0.25, -0.2) is 4.99 Å². The first-order valence-electron chi connectivity index (χ1n) is 8.79. The van der Waals surface area contributed by atoms with E-state index in [1.54, 1.807) is 4.90 Å². The summed E-state index contributed by atoms with van der Waals surface area (Å²) in [6.45, 7) is 5.32. The van der Waals surface area contributed by atoms with E-state index in [-0.39, 0.29) is 5.91 Å². The molecule has 1 fully saturated rings. The van der Waals surface area contributed by atoms with Crippen LogP contribution in [0.15, 0.2) is 64.5 Å². The van der Waals surface area contributed by atoms with Crippen molar-refractivity contribution in [3.63, 3.8) is 0 Å². The highest BCUT2D eigenvalue weighted by atomic mass is 32.2. The molecule has 2 aromatic rings. The monoisotopic (exact) mass is 366 g/mol. The number of hydrogen-bond acceptors (Lipinski definition) is 4. The Morgan fingerprint density at radius 1 is 1.08 bits per heavy atom. The molecule has 134 valence electrons. The zero-order valence-electron chi connectivity index (χ0n) is 15.0. The molecule has 1 amide bonds. The molecule has 1 aliphatic heterocycles. The lowest BCUT2D eigenvalue weighted by atomic mass is 10.2. The number of carbonyl (C=O) groups excluding carboxylic acids is 1. The number of benzene rings is 2. The van der Waals surface area contributed by atoms with Crippen molar-refractivity contribution in [2.75, 3.05) is 13.2 Å². The number of nitrogens with zero attached hydrogens (tertiary/aromatic N) is 2. The summed E-state index contributed by atoms with van der Waals surface area (Å²) >= 11 is 1.43. The highest BCUT2D eigenvalue weighted by Crippen LogP contribution is 2.34. The Kier molecular flexibility index (Phi) is 6.12. The van der Waals surface area contributed by atoms with E-state index in [0.717, 1.165) is 28.6 Å². The normalized spacial score (nSPS) is 17.3. The van der Waals surface area contributed by atoms with Crippen LogP contribution in [0.4, 0.5) is 5.69 Å². The summed E-state index contributed by atoms with van der Waals surface area (Å²) in [4.78, 5) is 19.9. The number of rotatable bonds is 6. The van der Waals surface area contributed by atoms with Gasteiger partial charge in [0.15, 0.2) is 5.17 Å². The topological polar surface area (TPSA) is 41.9 Å². The maximum Gasteiger partial charge on any atom is 0.266 e. The van der Waals surface area contributed by atoms with Gasteiger partial charge in [-0.1, -0.05) is 37.3 Å². The first-order chi connectivity index (χ1) is 12.7. The summed E-state index contributed by atoms with van der Waals surface area (Å²) in [5, 5.41) is 0.736. The molecular weight excluding hydrogens is 344 g/mol. The van der Waals surface area contributed by atoms with E-state index in [1.165, 1.54) is 11.8 Å². The minimum absolute atomic E-state index is 0.0143. The van der Waals surface area contributed by atoms with Crippen LogP contribution >= 0.6 is 11.8 Å². The van der Waals surface area contributed by atoms with Gasteiger partial charge in [-0.05, 0) is 61.0 Å². The first kappa shape index (κ1) is 18.3. The number of carbonyl (C=O) groups is 1. The van der Waals surface area contributed by atoms with Gasteiger partial charge in [-0.2, -0.15) is 0 Å². The SMILES string of the molecule is CCCN1C(=O)/C(=C\c2ccc(OCC)cc2)SC1=Nc1ccccc1. The number of aliphatic imine (C=N–C) groups is 1. The van der Waals surface area contributed by atoms with E-state index in [4.69, 9.17) is 4.74 Å². The van der Waals surface area contributed by atoms with Gasteiger partial charge in [-0.15, -0.1) is 0 Å². The third-order valence-corrected chi connectivity index (χ3v) is 4.81. The number of para-hydroxylation sites is 1. The molecule has 0 bridgehead atoms. The molecule has 1 heterocycles. The molecule has 0 atom stereocenters. The van der Waals surface area contributed by atoms with Crippen molar-refractivity contribution in [2.45, 2.75) is 20.3 Å². The minimum Gasteiger partial charge on any atom is -0.494 e. The highest BCUT2D eigenvalue weighted by molar-refractivity contribution is 8.18. The van der Waals surface area contributed by atoms with Crippen molar-refractivity contribution in [2.24, 2.45) is 4.99 Å². The van der Waals surface area contributed by atoms with Crippen LogP contribution in [0.3, 0.4) is 0 Å². The second kappa shape index (κ2) is 8.72. The van der Waals surface area contributed by atoms with E-state index in [0.29, 0.717) is 18.1 Å². The predicted octanol–water partition coefficient (Wildman–Crippen LogP) is 5.10. The van der Waals surface area contributed by atoms with Crippen LogP contribution in [0, 0.1) is 0 Å². The standard InChI is InChI=1S/C21H22N2O2S/c1-3-14-23-20(24)19(15-16-10-12-18(13-11-16)25-4-2)26-21(23)22-17-8-6-5-7-9-17/h5-13,15H,3-4,14H2,1-2H3/b19-15+,22-21?. The Bertz CT molecular complexity index is 814. The lowest BCUT2D eigenvalue weighted by molar-refractivity contribution is -0.122.